The molecule has 2 rings (SSSR count). The first-order valence-electron chi connectivity index (χ1n) is 6.71. The Kier molecular flexibility index (Phi) is 4.58. The summed E-state index contributed by atoms with van der Waals surface area (Å²) in [6, 6.07) is 19.6. The molecule has 1 unspecified atom stereocenters. The molecule has 0 aliphatic rings. The number of nitrogens with one attached hydrogen (secondary N) is 1. The lowest BCUT2D eigenvalue weighted by Gasteiger charge is -2.17. The van der Waals surface area contributed by atoms with Gasteiger partial charge < -0.3 is 10.2 Å². The van der Waals surface area contributed by atoms with E-state index in [-0.39, 0.29) is 0 Å². The molecule has 2 aromatic rings. The first kappa shape index (κ1) is 13.6. The van der Waals surface area contributed by atoms with Crippen LogP contribution in [-0.4, -0.2) is 14.1 Å². The minimum Gasteiger partial charge on any atom is -0.378 e. The van der Waals surface area contributed by atoms with Crippen molar-refractivity contribution in [3.8, 4) is 0 Å². The smallest absolute Gasteiger partial charge is 0.0361 e. The molecular formula is C17H22N2. The Morgan fingerprint density at radius 3 is 2.16 bits per heavy atom. The quantitative estimate of drug-likeness (QED) is 0.877. The SMILES string of the molecule is CC(NCc1ccccc1)c1ccc(N(C)C)cc1. The molecule has 0 aliphatic heterocycles. The van der Waals surface area contributed by atoms with Crippen molar-refractivity contribution >= 4 is 5.69 Å². The molecular weight excluding hydrogens is 232 g/mol. The summed E-state index contributed by atoms with van der Waals surface area (Å²) in [5.74, 6) is 0. The van der Waals surface area contributed by atoms with Crippen LogP contribution in [0.4, 0.5) is 5.69 Å². The van der Waals surface area contributed by atoms with E-state index in [0.717, 1.165) is 6.54 Å². The molecule has 0 radical (unpaired) electrons. The van der Waals surface area contributed by atoms with Crippen LogP contribution < -0.4 is 10.2 Å². The van der Waals surface area contributed by atoms with Crippen LogP contribution in [0.15, 0.2) is 54.6 Å². The van der Waals surface area contributed by atoms with E-state index in [2.05, 4.69) is 79.8 Å². The molecule has 0 fully saturated rings. The van der Waals surface area contributed by atoms with Gasteiger partial charge in [0.05, 0.1) is 0 Å². The second kappa shape index (κ2) is 6.39. The van der Waals surface area contributed by atoms with Gasteiger partial charge in [0.2, 0.25) is 0 Å². The van der Waals surface area contributed by atoms with E-state index >= 15 is 0 Å². The van der Waals surface area contributed by atoms with Crippen LogP contribution in [0.25, 0.3) is 0 Å². The van der Waals surface area contributed by atoms with Gasteiger partial charge in [-0.15, -0.1) is 0 Å². The summed E-state index contributed by atoms with van der Waals surface area (Å²) in [5, 5.41) is 3.55. The van der Waals surface area contributed by atoms with Gasteiger partial charge >= 0.3 is 0 Å². The molecule has 0 aromatic heterocycles. The molecule has 2 aromatic carbocycles. The Morgan fingerprint density at radius 2 is 1.58 bits per heavy atom. The van der Waals surface area contributed by atoms with Crippen molar-refractivity contribution in [3.05, 3.63) is 65.7 Å². The summed E-state index contributed by atoms with van der Waals surface area (Å²) >= 11 is 0. The van der Waals surface area contributed by atoms with Crippen molar-refractivity contribution in [3.63, 3.8) is 0 Å². The highest BCUT2D eigenvalue weighted by molar-refractivity contribution is 5.46. The number of rotatable bonds is 5. The number of anilines is 1. The van der Waals surface area contributed by atoms with E-state index in [1.54, 1.807) is 0 Å². The fourth-order valence-electron chi connectivity index (χ4n) is 2.05. The summed E-state index contributed by atoms with van der Waals surface area (Å²) in [7, 11) is 4.12. The topological polar surface area (TPSA) is 15.3 Å². The second-order valence-corrected chi connectivity index (χ2v) is 5.07. The number of nitrogens with zero attached hydrogens (tertiary/aromatic N) is 1. The zero-order valence-corrected chi connectivity index (χ0v) is 11.9. The lowest BCUT2D eigenvalue weighted by atomic mass is 10.1. The van der Waals surface area contributed by atoms with Crippen molar-refractivity contribution in [2.45, 2.75) is 19.5 Å². The van der Waals surface area contributed by atoms with E-state index in [0.29, 0.717) is 6.04 Å². The van der Waals surface area contributed by atoms with Crippen LogP contribution in [-0.2, 0) is 6.54 Å². The Bertz CT molecular complexity index is 488. The number of hydrogen-bond acceptors (Lipinski definition) is 2. The maximum atomic E-state index is 3.55. The standard InChI is InChI=1S/C17H22N2/c1-14(18-13-15-7-5-4-6-8-15)16-9-11-17(12-10-16)19(2)3/h4-12,14,18H,13H2,1-3H3. The summed E-state index contributed by atoms with van der Waals surface area (Å²) in [4.78, 5) is 2.12. The van der Waals surface area contributed by atoms with Crippen molar-refractivity contribution in [1.29, 1.82) is 0 Å². The highest BCUT2D eigenvalue weighted by atomic mass is 15.1. The van der Waals surface area contributed by atoms with Gasteiger partial charge in [-0.05, 0) is 30.2 Å². The summed E-state index contributed by atoms with van der Waals surface area (Å²) < 4.78 is 0. The van der Waals surface area contributed by atoms with Crippen molar-refractivity contribution < 1.29 is 0 Å². The van der Waals surface area contributed by atoms with Gasteiger partial charge in [0.25, 0.3) is 0 Å². The van der Waals surface area contributed by atoms with E-state index in [4.69, 9.17) is 0 Å². The highest BCUT2D eigenvalue weighted by Crippen LogP contribution is 2.18. The number of hydrogen-bond donors (Lipinski definition) is 1. The Hall–Kier alpha value is -1.80. The first-order chi connectivity index (χ1) is 9.16. The predicted molar refractivity (Wildman–Crippen MR) is 82.5 cm³/mol. The molecule has 0 aliphatic carbocycles. The van der Waals surface area contributed by atoms with E-state index in [9.17, 15) is 0 Å². The van der Waals surface area contributed by atoms with Crippen LogP contribution in [0.3, 0.4) is 0 Å². The zero-order chi connectivity index (χ0) is 13.7. The normalized spacial score (nSPS) is 12.2. The van der Waals surface area contributed by atoms with Gasteiger partial charge in [0.15, 0.2) is 0 Å². The van der Waals surface area contributed by atoms with Crippen LogP contribution >= 0.6 is 0 Å². The van der Waals surface area contributed by atoms with Gasteiger partial charge in [-0.3, -0.25) is 0 Å². The van der Waals surface area contributed by atoms with Crippen LogP contribution in [0.2, 0.25) is 0 Å². The lowest BCUT2D eigenvalue weighted by molar-refractivity contribution is 0.575. The predicted octanol–water partition coefficient (Wildman–Crippen LogP) is 3.60. The average molecular weight is 254 g/mol. The lowest BCUT2D eigenvalue weighted by Crippen LogP contribution is -2.18. The molecule has 0 bridgehead atoms. The van der Waals surface area contributed by atoms with Crippen LogP contribution in [0.5, 0.6) is 0 Å². The van der Waals surface area contributed by atoms with Crippen LogP contribution in [0, 0.1) is 0 Å². The molecule has 0 saturated carbocycles. The Morgan fingerprint density at radius 1 is 0.947 bits per heavy atom. The fraction of sp³-hybridized carbons (Fsp3) is 0.294. The van der Waals surface area contributed by atoms with Crippen molar-refractivity contribution in [1.82, 2.24) is 5.32 Å². The first-order valence-corrected chi connectivity index (χ1v) is 6.71. The van der Waals surface area contributed by atoms with Gasteiger partial charge in [-0.2, -0.15) is 0 Å². The minimum absolute atomic E-state index is 0.358. The van der Waals surface area contributed by atoms with E-state index < -0.39 is 0 Å². The maximum Gasteiger partial charge on any atom is 0.0361 e. The maximum absolute atomic E-state index is 3.55. The van der Waals surface area contributed by atoms with Crippen molar-refractivity contribution in [2.24, 2.45) is 0 Å². The Balaban J connectivity index is 1.94. The molecule has 100 valence electrons. The highest BCUT2D eigenvalue weighted by Gasteiger charge is 2.05. The molecule has 0 amide bonds. The molecule has 0 spiro atoms. The van der Waals surface area contributed by atoms with E-state index in [1.165, 1.54) is 16.8 Å². The molecule has 2 nitrogen and oxygen atoms in total. The third-order valence-electron chi connectivity index (χ3n) is 3.36. The minimum atomic E-state index is 0.358. The van der Waals surface area contributed by atoms with Crippen molar-refractivity contribution in [2.75, 3.05) is 19.0 Å². The average Bonchev–Trinajstić information content (AvgIpc) is 2.46. The molecule has 0 saturated heterocycles. The molecule has 1 atom stereocenters. The second-order valence-electron chi connectivity index (χ2n) is 5.07. The third-order valence-corrected chi connectivity index (χ3v) is 3.36. The van der Waals surface area contributed by atoms with Gasteiger partial charge in [-0.1, -0.05) is 42.5 Å². The van der Waals surface area contributed by atoms with Gasteiger partial charge in [-0.25, -0.2) is 0 Å². The zero-order valence-electron chi connectivity index (χ0n) is 11.9. The molecule has 19 heavy (non-hydrogen) atoms. The molecule has 0 heterocycles. The summed E-state index contributed by atoms with van der Waals surface area (Å²) in [5.41, 5.74) is 3.87. The molecule has 1 N–H and O–H groups in total. The summed E-state index contributed by atoms with van der Waals surface area (Å²) in [6.07, 6.45) is 0. The fourth-order valence-corrected chi connectivity index (χ4v) is 2.05. The molecule has 2 heteroatoms. The summed E-state index contributed by atoms with van der Waals surface area (Å²) in [6.45, 7) is 3.10. The van der Waals surface area contributed by atoms with Crippen LogP contribution in [0.1, 0.15) is 24.1 Å². The monoisotopic (exact) mass is 254 g/mol. The van der Waals surface area contributed by atoms with Gasteiger partial charge in [0.1, 0.15) is 0 Å². The number of benzene rings is 2. The van der Waals surface area contributed by atoms with E-state index in [1.807, 2.05) is 6.07 Å². The largest absolute Gasteiger partial charge is 0.378 e. The van der Waals surface area contributed by atoms with Gasteiger partial charge in [0, 0.05) is 32.4 Å². The third kappa shape index (κ3) is 3.83. The Labute approximate surface area is 116 Å².